The SMILES string of the molecule is O=C(Nc1ccccc1)NC1CC2CCCC(C1)N2C1CC1. The predicted octanol–water partition coefficient (Wildman–Crippen LogP) is 3.36. The number of fused-ring (bicyclic) bond motifs is 2. The summed E-state index contributed by atoms with van der Waals surface area (Å²) < 4.78 is 0. The molecular weight excluding hydrogens is 274 g/mol. The van der Waals surface area contributed by atoms with Crippen molar-refractivity contribution in [3.05, 3.63) is 30.3 Å². The Labute approximate surface area is 132 Å². The van der Waals surface area contributed by atoms with Gasteiger partial charge in [-0.05, 0) is 50.7 Å². The Morgan fingerprint density at radius 1 is 0.955 bits per heavy atom. The molecule has 4 rings (SSSR count). The fraction of sp³-hybridized carbons (Fsp3) is 0.611. The first-order valence-corrected chi connectivity index (χ1v) is 8.69. The largest absolute Gasteiger partial charge is 0.335 e. The van der Waals surface area contributed by atoms with E-state index in [9.17, 15) is 4.79 Å². The first kappa shape index (κ1) is 14.1. The molecule has 2 heterocycles. The third kappa shape index (κ3) is 2.98. The number of para-hydroxylation sites is 1. The van der Waals surface area contributed by atoms with Gasteiger partial charge in [0.05, 0.1) is 0 Å². The van der Waals surface area contributed by atoms with Crippen molar-refractivity contribution in [1.29, 1.82) is 0 Å². The van der Waals surface area contributed by atoms with Crippen LogP contribution in [-0.4, -0.2) is 35.1 Å². The minimum atomic E-state index is -0.0610. The van der Waals surface area contributed by atoms with Gasteiger partial charge in [0.1, 0.15) is 0 Å². The average molecular weight is 299 g/mol. The minimum absolute atomic E-state index is 0.0610. The molecule has 2 bridgehead atoms. The van der Waals surface area contributed by atoms with Gasteiger partial charge in [0.2, 0.25) is 0 Å². The molecule has 0 radical (unpaired) electrons. The molecule has 0 aromatic heterocycles. The van der Waals surface area contributed by atoms with E-state index in [1.807, 2.05) is 30.3 Å². The summed E-state index contributed by atoms with van der Waals surface area (Å²) in [6.45, 7) is 0. The second-order valence-corrected chi connectivity index (χ2v) is 7.05. The molecule has 2 amide bonds. The van der Waals surface area contributed by atoms with Crippen LogP contribution >= 0.6 is 0 Å². The van der Waals surface area contributed by atoms with Crippen LogP contribution in [0.25, 0.3) is 0 Å². The number of rotatable bonds is 3. The first-order chi connectivity index (χ1) is 10.8. The lowest BCUT2D eigenvalue weighted by Gasteiger charge is -2.49. The van der Waals surface area contributed by atoms with E-state index in [0.717, 1.165) is 24.6 Å². The normalized spacial score (nSPS) is 31.5. The molecule has 2 N–H and O–H groups in total. The lowest BCUT2D eigenvalue weighted by molar-refractivity contribution is 0.0198. The molecule has 2 unspecified atom stereocenters. The highest BCUT2D eigenvalue weighted by molar-refractivity contribution is 5.89. The van der Waals surface area contributed by atoms with Crippen molar-refractivity contribution in [2.75, 3.05) is 5.32 Å². The number of benzene rings is 1. The fourth-order valence-electron chi connectivity index (χ4n) is 4.38. The molecule has 118 valence electrons. The molecule has 2 atom stereocenters. The van der Waals surface area contributed by atoms with Crippen LogP contribution in [-0.2, 0) is 0 Å². The summed E-state index contributed by atoms with van der Waals surface area (Å²) in [6, 6.07) is 12.2. The van der Waals surface area contributed by atoms with E-state index < -0.39 is 0 Å². The van der Waals surface area contributed by atoms with E-state index in [-0.39, 0.29) is 6.03 Å². The molecule has 22 heavy (non-hydrogen) atoms. The first-order valence-electron chi connectivity index (χ1n) is 8.69. The van der Waals surface area contributed by atoms with Crippen molar-refractivity contribution in [3.8, 4) is 0 Å². The summed E-state index contributed by atoms with van der Waals surface area (Å²) in [5.74, 6) is 0. The summed E-state index contributed by atoms with van der Waals surface area (Å²) in [4.78, 5) is 15.0. The third-order valence-electron chi connectivity index (χ3n) is 5.37. The number of urea groups is 1. The Morgan fingerprint density at radius 2 is 1.64 bits per heavy atom. The van der Waals surface area contributed by atoms with Crippen LogP contribution in [0.1, 0.15) is 44.9 Å². The van der Waals surface area contributed by atoms with Crippen LogP contribution < -0.4 is 10.6 Å². The molecule has 1 aromatic rings. The van der Waals surface area contributed by atoms with E-state index in [1.165, 1.54) is 32.1 Å². The molecule has 3 aliphatic rings. The molecule has 4 heteroatoms. The quantitative estimate of drug-likeness (QED) is 0.899. The zero-order valence-corrected chi connectivity index (χ0v) is 13.0. The van der Waals surface area contributed by atoms with Gasteiger partial charge in [0, 0.05) is 29.9 Å². The number of piperidine rings is 2. The number of anilines is 1. The summed E-state index contributed by atoms with van der Waals surface area (Å²) in [7, 11) is 0. The van der Waals surface area contributed by atoms with Gasteiger partial charge in [-0.1, -0.05) is 24.6 Å². The van der Waals surface area contributed by atoms with E-state index in [2.05, 4.69) is 15.5 Å². The van der Waals surface area contributed by atoms with Crippen LogP contribution in [0.4, 0.5) is 10.5 Å². The summed E-state index contributed by atoms with van der Waals surface area (Å²) >= 11 is 0. The van der Waals surface area contributed by atoms with Crippen molar-refractivity contribution in [1.82, 2.24) is 10.2 Å². The summed E-state index contributed by atoms with van der Waals surface area (Å²) in [5.41, 5.74) is 0.857. The second kappa shape index (κ2) is 5.92. The Balaban J connectivity index is 1.35. The Bertz CT molecular complexity index is 514. The zero-order valence-electron chi connectivity index (χ0n) is 13.0. The molecule has 0 spiro atoms. The predicted molar refractivity (Wildman–Crippen MR) is 87.9 cm³/mol. The summed E-state index contributed by atoms with van der Waals surface area (Å²) in [6.07, 6.45) is 9.00. The van der Waals surface area contributed by atoms with Crippen LogP contribution in [0.5, 0.6) is 0 Å². The van der Waals surface area contributed by atoms with Crippen molar-refractivity contribution in [3.63, 3.8) is 0 Å². The van der Waals surface area contributed by atoms with Gasteiger partial charge in [-0.3, -0.25) is 4.90 Å². The maximum Gasteiger partial charge on any atom is 0.319 e. The van der Waals surface area contributed by atoms with Crippen molar-refractivity contribution in [2.45, 2.75) is 69.1 Å². The molecule has 2 saturated heterocycles. The standard InChI is InChI=1S/C18H25N3O/c22-18(19-13-5-2-1-3-6-13)20-14-11-16-7-4-8-17(12-14)21(16)15-9-10-15/h1-3,5-6,14-17H,4,7-12H2,(H2,19,20,22). The molecule has 4 nitrogen and oxygen atoms in total. The third-order valence-corrected chi connectivity index (χ3v) is 5.37. The van der Waals surface area contributed by atoms with E-state index in [4.69, 9.17) is 0 Å². The number of nitrogens with one attached hydrogen (secondary N) is 2. The molecule has 1 saturated carbocycles. The molecule has 2 aliphatic heterocycles. The lowest BCUT2D eigenvalue weighted by Crippen LogP contribution is -2.58. The van der Waals surface area contributed by atoms with Gasteiger partial charge in [-0.2, -0.15) is 0 Å². The number of nitrogens with zero attached hydrogens (tertiary/aromatic N) is 1. The van der Waals surface area contributed by atoms with Crippen LogP contribution in [0.15, 0.2) is 30.3 Å². The number of hydrogen-bond acceptors (Lipinski definition) is 2. The number of carbonyl (C=O) groups is 1. The zero-order chi connectivity index (χ0) is 14.9. The number of amides is 2. The number of carbonyl (C=O) groups excluding carboxylic acids is 1. The van der Waals surface area contributed by atoms with Gasteiger partial charge in [-0.15, -0.1) is 0 Å². The molecular formula is C18H25N3O. The molecule has 3 fully saturated rings. The van der Waals surface area contributed by atoms with Crippen molar-refractivity contribution >= 4 is 11.7 Å². The Morgan fingerprint density at radius 3 is 2.27 bits per heavy atom. The van der Waals surface area contributed by atoms with Crippen molar-refractivity contribution in [2.24, 2.45) is 0 Å². The van der Waals surface area contributed by atoms with Crippen molar-refractivity contribution < 1.29 is 4.79 Å². The average Bonchev–Trinajstić information content (AvgIpc) is 3.31. The Hall–Kier alpha value is -1.55. The van der Waals surface area contributed by atoms with E-state index in [0.29, 0.717) is 18.1 Å². The van der Waals surface area contributed by atoms with Gasteiger partial charge in [0.15, 0.2) is 0 Å². The van der Waals surface area contributed by atoms with E-state index in [1.54, 1.807) is 0 Å². The second-order valence-electron chi connectivity index (χ2n) is 7.05. The minimum Gasteiger partial charge on any atom is -0.335 e. The number of hydrogen-bond donors (Lipinski definition) is 2. The topological polar surface area (TPSA) is 44.4 Å². The lowest BCUT2D eigenvalue weighted by atomic mass is 9.81. The van der Waals surface area contributed by atoms with Crippen LogP contribution in [0.3, 0.4) is 0 Å². The molecule has 1 aliphatic carbocycles. The summed E-state index contributed by atoms with van der Waals surface area (Å²) in [5, 5.41) is 6.14. The van der Waals surface area contributed by atoms with E-state index >= 15 is 0 Å². The van der Waals surface area contributed by atoms with Gasteiger partial charge >= 0.3 is 6.03 Å². The maximum absolute atomic E-state index is 12.2. The highest BCUT2D eigenvalue weighted by Crippen LogP contribution is 2.41. The van der Waals surface area contributed by atoms with Gasteiger partial charge < -0.3 is 10.6 Å². The monoisotopic (exact) mass is 299 g/mol. The highest BCUT2D eigenvalue weighted by Gasteiger charge is 2.45. The van der Waals surface area contributed by atoms with Gasteiger partial charge in [0.25, 0.3) is 0 Å². The van der Waals surface area contributed by atoms with Crippen LogP contribution in [0, 0.1) is 0 Å². The smallest absolute Gasteiger partial charge is 0.319 e. The fourth-order valence-corrected chi connectivity index (χ4v) is 4.38. The van der Waals surface area contributed by atoms with Gasteiger partial charge in [-0.25, -0.2) is 4.79 Å². The molecule has 1 aromatic carbocycles. The highest BCUT2D eigenvalue weighted by atomic mass is 16.2. The Kier molecular flexibility index (Phi) is 3.78. The maximum atomic E-state index is 12.2. The van der Waals surface area contributed by atoms with Crippen LogP contribution in [0.2, 0.25) is 0 Å².